The van der Waals surface area contributed by atoms with Crippen molar-refractivity contribution in [2.75, 3.05) is 55.9 Å². The number of halogens is 3. The third kappa shape index (κ3) is 19.0. The van der Waals surface area contributed by atoms with Crippen molar-refractivity contribution in [1.29, 1.82) is 10.5 Å². The Morgan fingerprint density at radius 3 is 1.93 bits per heavy atom. The van der Waals surface area contributed by atoms with E-state index < -0.39 is 53.4 Å². The highest BCUT2D eigenvalue weighted by Crippen LogP contribution is 2.56. The number of unbranched alkanes of at least 4 members (excludes halogenated alkanes) is 2. The van der Waals surface area contributed by atoms with Crippen LogP contribution in [0.5, 0.6) is 0 Å². The predicted molar refractivity (Wildman–Crippen MR) is 340 cm³/mol. The molecule has 3 aromatic rings. The first-order chi connectivity index (χ1) is 40.7. The van der Waals surface area contributed by atoms with Crippen LogP contribution in [-0.4, -0.2) is 90.7 Å². The lowest BCUT2D eigenvalue weighted by atomic mass is 9.74. The maximum Gasteiger partial charge on any atom is 0.437 e. The van der Waals surface area contributed by atoms with Gasteiger partial charge in [0.15, 0.2) is 11.3 Å². The molecule has 2 fully saturated rings. The summed E-state index contributed by atoms with van der Waals surface area (Å²) in [5.74, 6) is -0.304. The van der Waals surface area contributed by atoms with Crippen molar-refractivity contribution >= 4 is 84.6 Å². The van der Waals surface area contributed by atoms with Crippen LogP contribution >= 0.6 is 54.9 Å². The highest BCUT2D eigenvalue weighted by molar-refractivity contribution is 8.77. The molecule has 85 heavy (non-hydrogen) atoms. The molecule has 3 heterocycles. The van der Waals surface area contributed by atoms with Crippen LogP contribution in [0.3, 0.4) is 0 Å². The summed E-state index contributed by atoms with van der Waals surface area (Å²) < 4.78 is 69.9. The van der Waals surface area contributed by atoms with Gasteiger partial charge >= 0.3 is 24.1 Å². The van der Waals surface area contributed by atoms with E-state index in [2.05, 4.69) is 69.9 Å². The maximum atomic E-state index is 15.9. The van der Waals surface area contributed by atoms with Crippen molar-refractivity contribution in [3.8, 4) is 12.1 Å². The third-order valence-electron chi connectivity index (χ3n) is 14.9. The number of nitrogens with zero attached hydrogens (tertiary/aromatic N) is 3. The molecule has 3 unspecified atom stereocenters. The smallest absolute Gasteiger partial charge is 0.437 e. The molecule has 3 aromatic carbocycles. The number of hydrogen-bond acceptors (Lipinski definition) is 16. The number of aliphatic hydroxyl groups excluding tert-OH is 1. The van der Waals surface area contributed by atoms with Crippen LogP contribution in [0.4, 0.5) is 18.9 Å². The average Bonchev–Trinajstić information content (AvgIpc) is 3.04. The number of aliphatic hydroxyl groups is 1. The van der Waals surface area contributed by atoms with Gasteiger partial charge in [-0.3, -0.25) is 9.59 Å². The molecule has 2 saturated heterocycles. The number of allylic oxidation sites excluding steroid dienone is 6. The number of carbonyl (C=O) groups is 3. The van der Waals surface area contributed by atoms with Crippen LogP contribution in [0.15, 0.2) is 147 Å². The minimum atomic E-state index is -5.22. The fraction of sp³-hybridized carbons (Fsp3) is 0.470. The average molecular weight is 1260 g/mol. The Labute approximate surface area is 519 Å². The lowest BCUT2D eigenvalue weighted by Gasteiger charge is -2.34. The van der Waals surface area contributed by atoms with Crippen molar-refractivity contribution in [2.24, 2.45) is 5.41 Å². The van der Waals surface area contributed by atoms with Gasteiger partial charge in [-0.15, -0.1) is 0 Å². The van der Waals surface area contributed by atoms with Gasteiger partial charge in [0.05, 0.1) is 19.7 Å². The fourth-order valence-electron chi connectivity index (χ4n) is 10.4. The SMILES string of the molecule is CC1(C)CC(/C=C/c2ccc(N(CCOC(=O)CCCCC3CCSS3)CCOC(=O)CCCCC3CCSS3)cc2)=C(Sc2ccc(C(C)(C)C)cc2)C(=C/C=C/C2=C(C#N)C(=C(\C#N)C(=O)OCCO)/OC2(c2ccccc2)C(F)(F)F)/C1. The van der Waals surface area contributed by atoms with E-state index in [0.29, 0.717) is 49.3 Å². The standard InChI is InChI=1S/C66H76F3N3O8S5/c1-63(2,3)49-26-30-52(31-27-49)83-61-47(14-13-19-57-55(44-70)60(56(45-71)62(76)79-39-36-73)80-65(57,66(67,68)69)50-15-7-6-8-16-50)42-64(4,5)43-48(61)25-22-46-23-28-51(29-24-46)72(34-37-77-58(74)20-11-9-17-53-32-40-81-84-53)35-38-78-59(75)21-12-10-18-54-33-41-82-85-54/h6-8,13-16,19,22-31,53-54,73H,9-12,17-18,20-21,32-43H2,1-5H3/b19-13+,25-22+,47-14+,60-56-. The number of anilines is 1. The summed E-state index contributed by atoms with van der Waals surface area (Å²) >= 11 is 1.55. The molecule has 0 saturated carbocycles. The van der Waals surface area contributed by atoms with Gasteiger partial charge in [0.2, 0.25) is 0 Å². The van der Waals surface area contributed by atoms with Crippen molar-refractivity contribution < 1.29 is 51.6 Å². The third-order valence-corrected chi connectivity index (χ3v) is 22.1. The van der Waals surface area contributed by atoms with Gasteiger partial charge in [0, 0.05) is 61.5 Å². The zero-order valence-electron chi connectivity index (χ0n) is 49.0. The van der Waals surface area contributed by atoms with E-state index in [0.717, 1.165) is 82.4 Å². The van der Waals surface area contributed by atoms with E-state index in [1.54, 1.807) is 30.0 Å². The molecular formula is C66H76F3N3O8S5. The topological polar surface area (TPSA) is 159 Å². The van der Waals surface area contributed by atoms with E-state index in [1.807, 2.05) is 73.5 Å². The molecule has 3 atom stereocenters. The highest BCUT2D eigenvalue weighted by Gasteiger charge is 2.65. The molecule has 0 bridgehead atoms. The molecule has 0 radical (unpaired) electrons. The quantitative estimate of drug-likeness (QED) is 0.0192. The number of esters is 3. The Morgan fingerprint density at radius 2 is 1.40 bits per heavy atom. The Morgan fingerprint density at radius 1 is 0.788 bits per heavy atom. The number of thioether (sulfide) groups is 1. The maximum absolute atomic E-state index is 15.9. The van der Waals surface area contributed by atoms with Crippen LogP contribution in [0.25, 0.3) is 6.08 Å². The molecule has 1 aliphatic carbocycles. The summed E-state index contributed by atoms with van der Waals surface area (Å²) in [6.07, 6.45) is 13.4. The Kier molecular flexibility index (Phi) is 25.3. The Hall–Kier alpha value is -5.41. The molecule has 3 aliphatic heterocycles. The van der Waals surface area contributed by atoms with Crippen LogP contribution < -0.4 is 4.90 Å². The van der Waals surface area contributed by atoms with Gasteiger partial charge < -0.3 is 29.0 Å². The highest BCUT2D eigenvalue weighted by atomic mass is 33.1. The van der Waals surface area contributed by atoms with Gasteiger partial charge in [0.25, 0.3) is 5.60 Å². The van der Waals surface area contributed by atoms with Crippen LogP contribution in [-0.2, 0) is 44.3 Å². The summed E-state index contributed by atoms with van der Waals surface area (Å²) in [6.45, 7) is 10.7. The zero-order chi connectivity index (χ0) is 61.0. The Balaban J connectivity index is 1.18. The van der Waals surface area contributed by atoms with Gasteiger partial charge in [-0.25, -0.2) is 4.79 Å². The minimum Gasteiger partial charge on any atom is -0.465 e. The molecular weight excluding hydrogens is 1180 g/mol. The number of rotatable bonds is 27. The monoisotopic (exact) mass is 1260 g/mol. The van der Waals surface area contributed by atoms with E-state index in [4.69, 9.17) is 18.9 Å². The van der Waals surface area contributed by atoms with E-state index >= 15 is 13.2 Å². The number of carbonyl (C=O) groups excluding carboxylic acids is 3. The number of benzene rings is 3. The summed E-state index contributed by atoms with van der Waals surface area (Å²) in [7, 11) is 7.74. The predicted octanol–water partition coefficient (Wildman–Crippen LogP) is 16.3. The van der Waals surface area contributed by atoms with Crippen LogP contribution in [0.1, 0.15) is 128 Å². The van der Waals surface area contributed by atoms with Crippen molar-refractivity contribution in [2.45, 2.75) is 144 Å². The van der Waals surface area contributed by atoms with E-state index in [1.165, 1.54) is 60.8 Å². The van der Waals surface area contributed by atoms with Crippen LogP contribution in [0.2, 0.25) is 0 Å². The molecule has 454 valence electrons. The fourth-order valence-corrected chi connectivity index (χ4v) is 17.5. The van der Waals surface area contributed by atoms with Gasteiger partial charge in [-0.1, -0.05) is 187 Å². The summed E-state index contributed by atoms with van der Waals surface area (Å²) in [5.41, 5.74) is -1.64. The second-order valence-electron chi connectivity index (χ2n) is 23.0. The second-order valence-corrected chi connectivity index (χ2v) is 29.7. The van der Waals surface area contributed by atoms with Gasteiger partial charge in [0.1, 0.15) is 37.5 Å². The number of ether oxygens (including phenoxy) is 4. The van der Waals surface area contributed by atoms with E-state index in [9.17, 15) is 30.0 Å². The lowest BCUT2D eigenvalue weighted by Crippen LogP contribution is -2.43. The number of nitriles is 2. The molecule has 0 aromatic heterocycles. The van der Waals surface area contributed by atoms with Gasteiger partial charge in [-0.2, -0.15) is 23.7 Å². The Bertz CT molecular complexity index is 3010. The summed E-state index contributed by atoms with van der Waals surface area (Å²) in [6, 6.07) is 26.4. The molecule has 7 rings (SSSR count). The van der Waals surface area contributed by atoms with Crippen molar-refractivity contribution in [1.82, 2.24) is 0 Å². The summed E-state index contributed by atoms with van der Waals surface area (Å²) in [5, 5.41) is 31.3. The molecule has 4 aliphatic rings. The van der Waals surface area contributed by atoms with Gasteiger partial charge in [-0.05, 0) is 109 Å². The molecule has 1 N–H and O–H groups in total. The summed E-state index contributed by atoms with van der Waals surface area (Å²) in [4.78, 5) is 42.7. The van der Waals surface area contributed by atoms with Crippen molar-refractivity contribution in [3.63, 3.8) is 0 Å². The molecule has 0 spiro atoms. The largest absolute Gasteiger partial charge is 0.465 e. The molecule has 11 nitrogen and oxygen atoms in total. The number of alkyl halides is 3. The minimum absolute atomic E-state index is 0.0959. The lowest BCUT2D eigenvalue weighted by molar-refractivity contribution is -0.249. The number of hydrogen-bond donors (Lipinski definition) is 1. The van der Waals surface area contributed by atoms with E-state index in [-0.39, 0.29) is 41.5 Å². The zero-order valence-corrected chi connectivity index (χ0v) is 53.1. The second kappa shape index (κ2) is 32.0. The van der Waals surface area contributed by atoms with Crippen molar-refractivity contribution in [3.05, 3.63) is 158 Å². The first-order valence-electron chi connectivity index (χ1n) is 28.9. The normalized spacial score (nSPS) is 20.9. The first kappa shape index (κ1) is 67.1. The van der Waals surface area contributed by atoms with Crippen LogP contribution in [0, 0.1) is 28.1 Å². The molecule has 19 heteroatoms. The first-order valence-corrected chi connectivity index (χ1v) is 34.5. The molecule has 0 amide bonds.